The molecule has 1 amide bonds. The molecular formula is C17H27N3O2. The average molecular weight is 305 g/mol. The minimum absolute atomic E-state index is 0.0152. The Morgan fingerprint density at radius 1 is 1.36 bits per heavy atom. The van der Waals surface area contributed by atoms with Crippen molar-refractivity contribution >= 4 is 5.91 Å². The first kappa shape index (κ1) is 15.5. The Hall–Kier alpha value is -1.36. The summed E-state index contributed by atoms with van der Waals surface area (Å²) in [5.41, 5.74) is 1.66. The lowest BCUT2D eigenvalue weighted by Gasteiger charge is -2.24. The van der Waals surface area contributed by atoms with Gasteiger partial charge in [0.25, 0.3) is 5.91 Å². The van der Waals surface area contributed by atoms with E-state index in [0.29, 0.717) is 18.0 Å². The van der Waals surface area contributed by atoms with E-state index in [1.165, 1.54) is 32.1 Å². The minimum Gasteiger partial charge on any atom is -0.393 e. The summed E-state index contributed by atoms with van der Waals surface area (Å²) in [4.78, 5) is 14.6. The molecule has 0 bridgehead atoms. The van der Waals surface area contributed by atoms with Crippen LogP contribution < -0.4 is 0 Å². The Bertz CT molecular complexity index is 506. The standard InChI is InChI=1S/C17H27N3O2/c1-12(21)10-14-8-5-9-20(14)17(22)16-11-15(18-19-16)13-6-3-2-4-7-13/h11-14,21H,2-10H2,1H3,(H,18,19). The monoisotopic (exact) mass is 305 g/mol. The highest BCUT2D eigenvalue weighted by Crippen LogP contribution is 2.32. The van der Waals surface area contributed by atoms with Gasteiger partial charge in [-0.3, -0.25) is 9.89 Å². The Kier molecular flexibility index (Phi) is 4.81. The molecule has 3 rings (SSSR count). The number of carbonyl (C=O) groups excluding carboxylic acids is 1. The summed E-state index contributed by atoms with van der Waals surface area (Å²) in [5, 5.41) is 17.0. The summed E-state index contributed by atoms with van der Waals surface area (Å²) < 4.78 is 0. The normalized spacial score (nSPS) is 24.6. The van der Waals surface area contributed by atoms with Gasteiger partial charge in [0.2, 0.25) is 0 Å². The first-order valence-electron chi connectivity index (χ1n) is 8.69. The van der Waals surface area contributed by atoms with E-state index >= 15 is 0 Å². The van der Waals surface area contributed by atoms with Crippen LogP contribution >= 0.6 is 0 Å². The number of hydrogen-bond donors (Lipinski definition) is 2. The zero-order chi connectivity index (χ0) is 15.5. The molecule has 1 saturated heterocycles. The third-order valence-corrected chi connectivity index (χ3v) is 5.11. The van der Waals surface area contributed by atoms with Crippen LogP contribution in [0.4, 0.5) is 0 Å². The molecule has 1 saturated carbocycles. The van der Waals surface area contributed by atoms with Crippen LogP contribution in [0.3, 0.4) is 0 Å². The van der Waals surface area contributed by atoms with Gasteiger partial charge in [0, 0.05) is 24.2 Å². The number of aliphatic hydroxyl groups excluding tert-OH is 1. The smallest absolute Gasteiger partial charge is 0.274 e. The van der Waals surface area contributed by atoms with Crippen molar-refractivity contribution in [3.8, 4) is 0 Å². The predicted molar refractivity (Wildman–Crippen MR) is 84.8 cm³/mol. The lowest BCUT2D eigenvalue weighted by molar-refractivity contribution is 0.0676. The molecule has 0 spiro atoms. The van der Waals surface area contributed by atoms with Crippen LogP contribution in [0.5, 0.6) is 0 Å². The van der Waals surface area contributed by atoms with Crippen molar-refractivity contribution in [2.75, 3.05) is 6.54 Å². The number of amides is 1. The number of aromatic nitrogens is 2. The number of H-pyrrole nitrogens is 1. The summed E-state index contributed by atoms with van der Waals surface area (Å²) in [5.74, 6) is 0.552. The predicted octanol–water partition coefficient (Wildman–Crippen LogP) is 2.83. The number of nitrogens with one attached hydrogen (secondary N) is 1. The summed E-state index contributed by atoms with van der Waals surface area (Å²) >= 11 is 0. The molecule has 22 heavy (non-hydrogen) atoms. The molecule has 122 valence electrons. The largest absolute Gasteiger partial charge is 0.393 e. The van der Waals surface area contributed by atoms with E-state index in [4.69, 9.17) is 0 Å². The van der Waals surface area contributed by atoms with E-state index in [2.05, 4.69) is 10.2 Å². The highest BCUT2D eigenvalue weighted by atomic mass is 16.3. The van der Waals surface area contributed by atoms with Gasteiger partial charge >= 0.3 is 0 Å². The third-order valence-electron chi connectivity index (χ3n) is 5.11. The molecule has 5 nitrogen and oxygen atoms in total. The van der Waals surface area contributed by atoms with Crippen LogP contribution in [-0.4, -0.2) is 44.8 Å². The molecule has 2 aliphatic rings. The first-order chi connectivity index (χ1) is 10.6. The Morgan fingerprint density at radius 2 is 2.14 bits per heavy atom. The van der Waals surface area contributed by atoms with Crippen LogP contribution in [0.25, 0.3) is 0 Å². The van der Waals surface area contributed by atoms with Crippen molar-refractivity contribution < 1.29 is 9.90 Å². The fourth-order valence-corrected chi connectivity index (χ4v) is 3.96. The van der Waals surface area contributed by atoms with E-state index < -0.39 is 0 Å². The zero-order valence-corrected chi connectivity index (χ0v) is 13.4. The molecule has 2 fully saturated rings. The number of aliphatic hydroxyl groups is 1. The lowest BCUT2D eigenvalue weighted by Crippen LogP contribution is -2.37. The topological polar surface area (TPSA) is 69.2 Å². The van der Waals surface area contributed by atoms with Crippen molar-refractivity contribution in [3.05, 3.63) is 17.5 Å². The molecule has 1 aromatic heterocycles. The number of carbonyl (C=O) groups is 1. The Balaban J connectivity index is 1.68. The molecule has 1 aliphatic heterocycles. The van der Waals surface area contributed by atoms with E-state index in [1.807, 2.05) is 11.0 Å². The van der Waals surface area contributed by atoms with Crippen LogP contribution in [0.15, 0.2) is 6.07 Å². The van der Waals surface area contributed by atoms with Crippen molar-refractivity contribution in [2.45, 2.75) is 76.4 Å². The van der Waals surface area contributed by atoms with E-state index in [-0.39, 0.29) is 18.1 Å². The van der Waals surface area contributed by atoms with E-state index in [1.54, 1.807) is 6.92 Å². The number of rotatable bonds is 4. The van der Waals surface area contributed by atoms with Crippen LogP contribution in [-0.2, 0) is 0 Å². The zero-order valence-electron chi connectivity index (χ0n) is 13.4. The number of nitrogens with zero attached hydrogens (tertiary/aromatic N) is 2. The quantitative estimate of drug-likeness (QED) is 0.898. The second kappa shape index (κ2) is 6.82. The second-order valence-corrected chi connectivity index (χ2v) is 6.92. The van der Waals surface area contributed by atoms with Crippen molar-refractivity contribution in [3.63, 3.8) is 0 Å². The SMILES string of the molecule is CC(O)CC1CCCN1C(=O)c1cc(C2CCCCC2)[nH]n1. The van der Waals surface area contributed by atoms with Gasteiger partial charge in [-0.25, -0.2) is 0 Å². The molecule has 2 N–H and O–H groups in total. The lowest BCUT2D eigenvalue weighted by atomic mass is 9.87. The molecular weight excluding hydrogens is 278 g/mol. The number of hydrogen-bond acceptors (Lipinski definition) is 3. The first-order valence-corrected chi connectivity index (χ1v) is 8.69. The van der Waals surface area contributed by atoms with Gasteiger partial charge in [0.15, 0.2) is 0 Å². The van der Waals surface area contributed by atoms with Gasteiger partial charge in [-0.1, -0.05) is 19.3 Å². The van der Waals surface area contributed by atoms with E-state index in [9.17, 15) is 9.90 Å². The molecule has 5 heteroatoms. The third kappa shape index (κ3) is 3.35. The van der Waals surface area contributed by atoms with Crippen molar-refractivity contribution in [1.29, 1.82) is 0 Å². The van der Waals surface area contributed by atoms with Gasteiger partial charge in [-0.05, 0) is 45.1 Å². The van der Waals surface area contributed by atoms with Crippen molar-refractivity contribution in [1.82, 2.24) is 15.1 Å². The van der Waals surface area contributed by atoms with Gasteiger partial charge < -0.3 is 10.0 Å². The maximum absolute atomic E-state index is 12.7. The van der Waals surface area contributed by atoms with Crippen molar-refractivity contribution in [2.24, 2.45) is 0 Å². The molecule has 1 aliphatic carbocycles. The van der Waals surface area contributed by atoms with E-state index in [0.717, 1.165) is 25.1 Å². The molecule has 1 aromatic rings. The highest BCUT2D eigenvalue weighted by Gasteiger charge is 2.31. The summed E-state index contributed by atoms with van der Waals surface area (Å²) in [7, 11) is 0. The molecule has 2 unspecified atom stereocenters. The number of likely N-dealkylation sites (tertiary alicyclic amines) is 1. The fraction of sp³-hybridized carbons (Fsp3) is 0.765. The van der Waals surface area contributed by atoms with Gasteiger partial charge in [-0.2, -0.15) is 5.10 Å². The Labute approximate surface area is 132 Å². The summed E-state index contributed by atoms with van der Waals surface area (Å²) in [6.07, 6.45) is 8.56. The minimum atomic E-state index is -0.365. The van der Waals surface area contributed by atoms with Gasteiger partial charge in [-0.15, -0.1) is 0 Å². The molecule has 2 atom stereocenters. The van der Waals surface area contributed by atoms with Gasteiger partial charge in [0.1, 0.15) is 5.69 Å². The Morgan fingerprint density at radius 3 is 2.86 bits per heavy atom. The maximum Gasteiger partial charge on any atom is 0.274 e. The second-order valence-electron chi connectivity index (χ2n) is 6.92. The summed E-state index contributed by atoms with van der Waals surface area (Å²) in [6, 6.07) is 2.11. The number of aromatic amines is 1. The highest BCUT2D eigenvalue weighted by molar-refractivity contribution is 5.92. The molecule has 0 radical (unpaired) electrons. The maximum atomic E-state index is 12.7. The molecule has 0 aromatic carbocycles. The fourth-order valence-electron chi connectivity index (χ4n) is 3.96. The van der Waals surface area contributed by atoms with Gasteiger partial charge in [0.05, 0.1) is 6.10 Å². The van der Waals surface area contributed by atoms with Crippen LogP contribution in [0.1, 0.15) is 80.4 Å². The summed E-state index contributed by atoms with van der Waals surface area (Å²) in [6.45, 7) is 2.57. The molecule has 2 heterocycles. The average Bonchev–Trinajstić information content (AvgIpc) is 3.16. The van der Waals surface area contributed by atoms with Crippen LogP contribution in [0.2, 0.25) is 0 Å². The van der Waals surface area contributed by atoms with Crippen LogP contribution in [0, 0.1) is 0 Å².